The van der Waals surface area contributed by atoms with E-state index in [2.05, 4.69) is 58.7 Å². The number of ether oxygens (including phenoxy) is 1. The van der Waals surface area contributed by atoms with Gasteiger partial charge in [-0.3, -0.25) is 9.89 Å². The summed E-state index contributed by atoms with van der Waals surface area (Å²) in [5.41, 5.74) is 4.68. The summed E-state index contributed by atoms with van der Waals surface area (Å²) < 4.78 is 5.35. The van der Waals surface area contributed by atoms with Crippen LogP contribution in [0.4, 0.5) is 0 Å². The minimum Gasteiger partial charge on any atom is -0.497 e. The van der Waals surface area contributed by atoms with Gasteiger partial charge in [0.25, 0.3) is 0 Å². The zero-order valence-corrected chi connectivity index (χ0v) is 16.5. The highest BCUT2D eigenvalue weighted by Crippen LogP contribution is 2.42. The molecule has 3 aromatic rings. The van der Waals surface area contributed by atoms with Crippen LogP contribution in [0.25, 0.3) is 6.08 Å². The van der Waals surface area contributed by atoms with E-state index in [4.69, 9.17) is 4.74 Å². The molecule has 0 aliphatic heterocycles. The summed E-state index contributed by atoms with van der Waals surface area (Å²) >= 11 is 0. The fourth-order valence-corrected chi connectivity index (χ4v) is 4.50. The molecule has 2 aliphatic rings. The first kappa shape index (κ1) is 17.9. The molecule has 1 saturated carbocycles. The van der Waals surface area contributed by atoms with E-state index in [0.717, 1.165) is 42.7 Å². The second-order valence-corrected chi connectivity index (χ2v) is 8.03. The van der Waals surface area contributed by atoms with E-state index >= 15 is 0 Å². The predicted octanol–water partition coefficient (Wildman–Crippen LogP) is 4.96. The van der Waals surface area contributed by atoms with Gasteiger partial charge in [-0.1, -0.05) is 61.0 Å². The lowest BCUT2D eigenvalue weighted by molar-refractivity contribution is 0.0849. The van der Waals surface area contributed by atoms with Gasteiger partial charge in [0.1, 0.15) is 11.4 Å². The van der Waals surface area contributed by atoms with Crippen molar-refractivity contribution < 1.29 is 9.53 Å². The van der Waals surface area contributed by atoms with E-state index in [1.54, 1.807) is 7.11 Å². The van der Waals surface area contributed by atoms with Crippen molar-refractivity contribution in [1.82, 2.24) is 10.2 Å². The van der Waals surface area contributed by atoms with Crippen molar-refractivity contribution in [1.29, 1.82) is 0 Å². The summed E-state index contributed by atoms with van der Waals surface area (Å²) in [4.78, 5) is 12.8. The second kappa shape index (κ2) is 7.03. The summed E-state index contributed by atoms with van der Waals surface area (Å²) in [6, 6.07) is 18.8. The number of allylic oxidation sites excluding steroid dienone is 1. The van der Waals surface area contributed by atoms with Crippen molar-refractivity contribution in [2.24, 2.45) is 5.92 Å². The number of aromatic nitrogens is 2. The summed E-state index contributed by atoms with van der Waals surface area (Å²) in [5, 5.41) is 7.62. The lowest BCUT2D eigenvalue weighted by atomic mass is 9.68. The number of rotatable bonds is 5. The number of ketones is 1. The number of aromatic amines is 1. The highest BCUT2D eigenvalue weighted by atomic mass is 16.5. The molecule has 1 atom stereocenters. The molecule has 5 rings (SSSR count). The number of fused-ring (bicyclic) bond motifs is 1. The van der Waals surface area contributed by atoms with E-state index in [9.17, 15) is 4.79 Å². The maximum atomic E-state index is 12.8. The van der Waals surface area contributed by atoms with E-state index in [-0.39, 0.29) is 17.1 Å². The first-order chi connectivity index (χ1) is 14.2. The molecular weight excluding hydrogens is 360 g/mol. The molecule has 4 heteroatoms. The molecule has 0 bridgehead atoms. The number of carbonyl (C=O) groups is 1. The van der Waals surface area contributed by atoms with Crippen LogP contribution < -0.4 is 4.74 Å². The largest absolute Gasteiger partial charge is 0.497 e. The molecule has 2 aliphatic carbocycles. The number of hydrogen-bond donors (Lipinski definition) is 1. The maximum absolute atomic E-state index is 12.8. The molecule has 4 nitrogen and oxygen atoms in total. The molecule has 0 spiro atoms. The molecule has 29 heavy (non-hydrogen) atoms. The van der Waals surface area contributed by atoms with Crippen molar-refractivity contribution in [3.63, 3.8) is 0 Å². The van der Waals surface area contributed by atoms with Gasteiger partial charge in [-0.2, -0.15) is 5.10 Å². The van der Waals surface area contributed by atoms with Crippen molar-refractivity contribution in [3.8, 4) is 5.75 Å². The van der Waals surface area contributed by atoms with Crippen LogP contribution in [0.1, 0.15) is 52.1 Å². The van der Waals surface area contributed by atoms with Gasteiger partial charge in [0.15, 0.2) is 5.78 Å². The third kappa shape index (κ3) is 2.91. The monoisotopic (exact) mass is 384 g/mol. The van der Waals surface area contributed by atoms with Crippen LogP contribution in [0.15, 0.2) is 60.7 Å². The average molecular weight is 384 g/mol. The number of methoxy groups -OCH3 is 1. The van der Waals surface area contributed by atoms with Gasteiger partial charge in [-0.25, -0.2) is 0 Å². The normalized spacial score (nSPS) is 20.7. The molecule has 146 valence electrons. The number of H-pyrrole nitrogens is 1. The quantitative estimate of drug-likeness (QED) is 0.633. The lowest BCUT2D eigenvalue weighted by Gasteiger charge is -2.34. The number of nitrogens with one attached hydrogen (secondary N) is 1. The zero-order valence-electron chi connectivity index (χ0n) is 16.5. The Hall–Kier alpha value is -3.14. The fraction of sp³-hybridized carbons (Fsp3) is 0.280. The van der Waals surface area contributed by atoms with Crippen LogP contribution >= 0.6 is 0 Å². The Morgan fingerprint density at radius 2 is 1.79 bits per heavy atom. The standard InChI is InChI=1S/C25H24N2O2/c1-29-20-12-10-19(11-13-20)25(18-8-3-2-4-9-18)15-14-21-22(16-25)26-27-23(21)24(28)17-6-5-7-17/h2-4,8-15,17H,5-7,16H2,1H3,(H,26,27). The van der Waals surface area contributed by atoms with Crippen molar-refractivity contribution >= 4 is 11.9 Å². The van der Waals surface area contributed by atoms with Crippen LogP contribution in [-0.4, -0.2) is 23.1 Å². The van der Waals surface area contributed by atoms with Crippen molar-refractivity contribution in [2.45, 2.75) is 31.1 Å². The Kier molecular flexibility index (Phi) is 4.35. The second-order valence-electron chi connectivity index (χ2n) is 8.03. The Bertz CT molecular complexity index is 1060. The van der Waals surface area contributed by atoms with Gasteiger partial charge in [-0.05, 0) is 36.1 Å². The number of carbonyl (C=O) groups excluding carboxylic acids is 1. The predicted molar refractivity (Wildman–Crippen MR) is 113 cm³/mol. The van der Waals surface area contributed by atoms with Crippen LogP contribution in [0.3, 0.4) is 0 Å². The van der Waals surface area contributed by atoms with Crippen molar-refractivity contribution in [3.05, 3.63) is 88.8 Å². The van der Waals surface area contributed by atoms with Gasteiger partial charge in [0.2, 0.25) is 0 Å². The number of nitrogens with zero attached hydrogens (tertiary/aromatic N) is 1. The Labute approximate surface area is 170 Å². The van der Waals surface area contributed by atoms with Crippen LogP contribution in [0, 0.1) is 5.92 Å². The molecule has 1 fully saturated rings. The number of benzene rings is 2. The van der Waals surface area contributed by atoms with Gasteiger partial charge < -0.3 is 4.74 Å². The highest BCUT2D eigenvalue weighted by molar-refractivity contribution is 6.00. The molecule has 1 aromatic heterocycles. The third-order valence-corrected chi connectivity index (χ3v) is 6.48. The minimum atomic E-state index is -0.316. The Balaban J connectivity index is 1.59. The average Bonchev–Trinajstić information content (AvgIpc) is 3.16. The molecule has 1 heterocycles. The smallest absolute Gasteiger partial charge is 0.186 e. The first-order valence-electron chi connectivity index (χ1n) is 10.2. The van der Waals surface area contributed by atoms with E-state index in [1.165, 1.54) is 11.1 Å². The summed E-state index contributed by atoms with van der Waals surface area (Å²) in [6.07, 6.45) is 8.19. The molecule has 0 amide bonds. The SMILES string of the molecule is COc1ccc(C2(c3ccccc3)C=Cc3c(C(=O)C4CCC4)n[nH]c3C2)cc1. The Morgan fingerprint density at radius 1 is 1.07 bits per heavy atom. The maximum Gasteiger partial charge on any atom is 0.186 e. The van der Waals surface area contributed by atoms with Crippen LogP contribution in [0.5, 0.6) is 5.75 Å². The van der Waals surface area contributed by atoms with Gasteiger partial charge in [0, 0.05) is 29.0 Å². The topological polar surface area (TPSA) is 55.0 Å². The summed E-state index contributed by atoms with van der Waals surface area (Å²) in [5.74, 6) is 1.18. The Morgan fingerprint density at radius 3 is 2.45 bits per heavy atom. The first-order valence-corrected chi connectivity index (χ1v) is 10.2. The summed E-state index contributed by atoms with van der Waals surface area (Å²) in [6.45, 7) is 0. The fourth-order valence-electron chi connectivity index (χ4n) is 4.50. The minimum absolute atomic E-state index is 0.151. The zero-order chi connectivity index (χ0) is 19.8. The molecule has 2 aromatic carbocycles. The third-order valence-electron chi connectivity index (χ3n) is 6.48. The molecule has 1 N–H and O–H groups in total. The van der Waals surface area contributed by atoms with E-state index in [0.29, 0.717) is 5.69 Å². The molecule has 0 saturated heterocycles. The van der Waals surface area contributed by atoms with Gasteiger partial charge in [0.05, 0.1) is 7.11 Å². The number of hydrogen-bond acceptors (Lipinski definition) is 3. The van der Waals surface area contributed by atoms with E-state index in [1.807, 2.05) is 18.2 Å². The highest BCUT2D eigenvalue weighted by Gasteiger charge is 2.38. The van der Waals surface area contributed by atoms with Crippen LogP contribution in [-0.2, 0) is 11.8 Å². The van der Waals surface area contributed by atoms with Crippen molar-refractivity contribution in [2.75, 3.05) is 7.11 Å². The lowest BCUT2D eigenvalue weighted by Crippen LogP contribution is -2.31. The number of Topliss-reactive ketones (excluding diaryl/α,β-unsaturated/α-hetero) is 1. The molecule has 1 unspecified atom stereocenters. The van der Waals surface area contributed by atoms with E-state index < -0.39 is 0 Å². The van der Waals surface area contributed by atoms with Gasteiger partial charge in [-0.15, -0.1) is 0 Å². The van der Waals surface area contributed by atoms with Gasteiger partial charge >= 0.3 is 0 Å². The summed E-state index contributed by atoms with van der Waals surface area (Å²) in [7, 11) is 1.68. The molecular formula is C25H24N2O2. The van der Waals surface area contributed by atoms with Crippen LogP contribution in [0.2, 0.25) is 0 Å². The molecule has 0 radical (unpaired) electrons.